The molecule has 4 fully saturated rings. The Morgan fingerprint density at radius 2 is 1.87 bits per heavy atom. The topological polar surface area (TPSA) is 158 Å². The minimum atomic E-state index is -1.32. The summed E-state index contributed by atoms with van der Waals surface area (Å²) in [7, 11) is 0. The molecule has 0 radical (unpaired) electrons. The van der Waals surface area contributed by atoms with Gasteiger partial charge in [0.2, 0.25) is 5.91 Å². The van der Waals surface area contributed by atoms with Gasteiger partial charge in [0.25, 0.3) is 6.47 Å². The van der Waals surface area contributed by atoms with Gasteiger partial charge in [-0.15, -0.1) is 11.8 Å². The Morgan fingerprint density at radius 3 is 2.55 bits per heavy atom. The maximum atomic E-state index is 13.7. The van der Waals surface area contributed by atoms with E-state index in [1.54, 1.807) is 0 Å². The zero-order valence-electron chi connectivity index (χ0n) is 23.1. The van der Waals surface area contributed by atoms with Crippen LogP contribution in [0.2, 0.25) is 0 Å². The molecule has 0 aromatic rings. The van der Waals surface area contributed by atoms with Crippen molar-refractivity contribution in [3.63, 3.8) is 0 Å². The Hall–Kier alpha value is -0.950. The molecule has 10 nitrogen and oxygen atoms in total. The normalized spacial score (nSPS) is 41.2. The van der Waals surface area contributed by atoms with E-state index in [-0.39, 0.29) is 23.9 Å². The van der Waals surface area contributed by atoms with Crippen LogP contribution in [0.1, 0.15) is 66.2 Å². The average Bonchev–Trinajstić information content (AvgIpc) is 3.13. The summed E-state index contributed by atoms with van der Waals surface area (Å²) in [6, 6.07) is -0.973. The number of thioether (sulfide) groups is 1. The molecule has 38 heavy (non-hydrogen) atoms. The molecular formula is C27H48N2O8S. The van der Waals surface area contributed by atoms with Crippen molar-refractivity contribution in [1.29, 1.82) is 0 Å². The summed E-state index contributed by atoms with van der Waals surface area (Å²) in [5.74, 6) is 2.25. The van der Waals surface area contributed by atoms with Gasteiger partial charge in [-0.1, -0.05) is 34.1 Å². The molecule has 0 aromatic carbocycles. The smallest absolute Gasteiger partial charge is 0.290 e. The van der Waals surface area contributed by atoms with Gasteiger partial charge in [0, 0.05) is 13.2 Å². The summed E-state index contributed by atoms with van der Waals surface area (Å²) < 4.78 is 12.4. The van der Waals surface area contributed by atoms with Gasteiger partial charge in [0.05, 0.1) is 12.1 Å². The first-order chi connectivity index (χ1) is 18.0. The number of aliphatic hydroxyl groups is 3. The minimum Gasteiger partial charge on any atom is -0.483 e. The summed E-state index contributed by atoms with van der Waals surface area (Å²) >= 11 is 1.47. The molecule has 0 saturated carbocycles. The highest BCUT2D eigenvalue weighted by molar-refractivity contribution is 7.99. The van der Waals surface area contributed by atoms with E-state index >= 15 is 0 Å². The van der Waals surface area contributed by atoms with Crippen molar-refractivity contribution >= 4 is 24.1 Å². The second kappa shape index (κ2) is 14.1. The number of hydrogen-bond donors (Lipinski definition) is 6. The van der Waals surface area contributed by atoms with Crippen LogP contribution < -0.4 is 10.6 Å². The summed E-state index contributed by atoms with van der Waals surface area (Å²) in [4.78, 5) is 22.0. The number of rotatable bonds is 4. The molecule has 4 rings (SSSR count). The van der Waals surface area contributed by atoms with Crippen molar-refractivity contribution in [2.75, 3.05) is 18.9 Å². The molecule has 11 heteroatoms. The number of carboxylic acid groups (broad SMARTS) is 1. The first-order valence-corrected chi connectivity index (χ1v) is 15.1. The van der Waals surface area contributed by atoms with E-state index in [9.17, 15) is 20.1 Å². The number of nitrogens with one attached hydrogen (secondary N) is 2. The van der Waals surface area contributed by atoms with Gasteiger partial charge in [-0.3, -0.25) is 9.59 Å². The van der Waals surface area contributed by atoms with Gasteiger partial charge >= 0.3 is 0 Å². The van der Waals surface area contributed by atoms with E-state index in [0.717, 1.165) is 44.4 Å². The standard InChI is InChI=1S/C26H46N2O6S.CH2O2/c1-14(2)11-15-7-9-33-21-16(12-15)13-27-17(21)24(32)28-23-22-19(30)18(29)20(31)25(34-22)35-10-6-5-8-26(23,3)4;2-1-3/h14-23,25,27,29-31H,5-13H2,1-4H3,(H,28,32);1H,(H,2,3)/t15-,16-,17-,18-,19+,20+,21+,22-,23-,25+;/m0./s1. The summed E-state index contributed by atoms with van der Waals surface area (Å²) in [5.41, 5.74) is -1.01. The lowest BCUT2D eigenvalue weighted by molar-refractivity contribution is -0.213. The number of ether oxygens (including phenoxy) is 2. The highest BCUT2D eigenvalue weighted by Crippen LogP contribution is 2.40. The quantitative estimate of drug-likeness (QED) is 0.277. The van der Waals surface area contributed by atoms with Gasteiger partial charge in [-0.05, 0) is 61.0 Å². The molecule has 4 saturated heterocycles. The van der Waals surface area contributed by atoms with Gasteiger partial charge in [-0.25, -0.2) is 0 Å². The van der Waals surface area contributed by atoms with E-state index < -0.39 is 41.9 Å². The van der Waals surface area contributed by atoms with Gasteiger partial charge in [0.15, 0.2) is 0 Å². The monoisotopic (exact) mass is 560 g/mol. The van der Waals surface area contributed by atoms with Crippen LogP contribution in [0.4, 0.5) is 0 Å². The summed E-state index contributed by atoms with van der Waals surface area (Å²) in [6.45, 7) is 9.86. The Balaban J connectivity index is 0.00000127. The highest BCUT2D eigenvalue weighted by Gasteiger charge is 2.52. The largest absolute Gasteiger partial charge is 0.483 e. The van der Waals surface area contributed by atoms with E-state index in [2.05, 4.69) is 38.3 Å². The Labute approximate surface area is 230 Å². The first-order valence-electron chi connectivity index (χ1n) is 14.0. The molecule has 10 atom stereocenters. The Kier molecular flexibility index (Phi) is 11.7. The Morgan fingerprint density at radius 1 is 1.16 bits per heavy atom. The van der Waals surface area contributed by atoms with Gasteiger partial charge in [0.1, 0.15) is 35.9 Å². The predicted octanol–water partition coefficient (Wildman–Crippen LogP) is 1.35. The third-order valence-corrected chi connectivity index (χ3v) is 9.77. The molecule has 6 N–H and O–H groups in total. The second-order valence-corrected chi connectivity index (χ2v) is 13.6. The molecule has 0 spiro atoms. The number of carbonyl (C=O) groups is 2. The van der Waals surface area contributed by atoms with Gasteiger partial charge < -0.3 is 40.5 Å². The van der Waals surface area contributed by atoms with Crippen molar-refractivity contribution in [2.45, 2.75) is 114 Å². The fourth-order valence-electron chi connectivity index (χ4n) is 6.56. The number of carbonyl (C=O) groups excluding carboxylic acids is 1. The van der Waals surface area contributed by atoms with Crippen LogP contribution in [0.5, 0.6) is 0 Å². The minimum absolute atomic E-state index is 0.143. The van der Waals surface area contributed by atoms with Crippen molar-refractivity contribution in [3.05, 3.63) is 0 Å². The van der Waals surface area contributed by atoms with Crippen LogP contribution in [0, 0.1) is 23.2 Å². The average molecular weight is 561 g/mol. The number of fused-ring (bicyclic) bond motifs is 3. The summed E-state index contributed by atoms with van der Waals surface area (Å²) in [5, 5.41) is 45.5. The summed E-state index contributed by atoms with van der Waals surface area (Å²) in [6.07, 6.45) is 1.33. The van der Waals surface area contributed by atoms with E-state index in [0.29, 0.717) is 24.4 Å². The second-order valence-electron chi connectivity index (χ2n) is 12.4. The van der Waals surface area contributed by atoms with Crippen LogP contribution in [0.15, 0.2) is 0 Å². The SMILES string of the molecule is CC(C)C[C@@H]1CCO[C@@H]2[C@H](CN[C@@H]2C(=O)N[C@H]2[C@H]3O[C@H](SCCCCC2(C)C)[C@H](O)[C@@H](O)[C@H]3O)C1.O=CO. The molecule has 4 aliphatic rings. The zero-order chi connectivity index (χ0) is 28.0. The number of aliphatic hydroxyl groups excluding tert-OH is 3. The fourth-order valence-corrected chi connectivity index (χ4v) is 7.73. The third-order valence-electron chi connectivity index (χ3n) is 8.53. The van der Waals surface area contributed by atoms with Crippen LogP contribution in [-0.4, -0.2) is 99.7 Å². The third kappa shape index (κ3) is 7.62. The lowest BCUT2D eigenvalue weighted by Gasteiger charge is -2.48. The number of hydrogen-bond acceptors (Lipinski definition) is 9. The van der Waals surface area contributed by atoms with E-state index in [1.165, 1.54) is 18.2 Å². The maximum absolute atomic E-state index is 13.7. The van der Waals surface area contributed by atoms with Crippen LogP contribution in [0.25, 0.3) is 0 Å². The molecule has 4 heterocycles. The van der Waals surface area contributed by atoms with Crippen molar-refractivity contribution in [2.24, 2.45) is 23.2 Å². The molecule has 0 unspecified atom stereocenters. The molecule has 220 valence electrons. The van der Waals surface area contributed by atoms with Gasteiger partial charge in [-0.2, -0.15) is 0 Å². The van der Waals surface area contributed by atoms with E-state index in [1.807, 2.05) is 0 Å². The van der Waals surface area contributed by atoms with Crippen molar-refractivity contribution < 1.29 is 39.5 Å². The first kappa shape index (κ1) is 31.6. The zero-order valence-corrected chi connectivity index (χ0v) is 23.9. The predicted molar refractivity (Wildman–Crippen MR) is 145 cm³/mol. The molecule has 1 amide bonds. The molecule has 0 aromatic heterocycles. The molecule has 2 bridgehead atoms. The van der Waals surface area contributed by atoms with Crippen LogP contribution in [-0.2, 0) is 19.1 Å². The van der Waals surface area contributed by atoms with Crippen molar-refractivity contribution in [3.8, 4) is 0 Å². The molecular weight excluding hydrogens is 512 g/mol. The van der Waals surface area contributed by atoms with E-state index in [4.69, 9.17) is 19.4 Å². The molecule has 0 aliphatic carbocycles. The lowest BCUT2D eigenvalue weighted by Crippen LogP contribution is -2.67. The molecule has 4 aliphatic heterocycles. The maximum Gasteiger partial charge on any atom is 0.290 e. The van der Waals surface area contributed by atoms with Crippen LogP contribution in [0.3, 0.4) is 0 Å². The lowest BCUT2D eigenvalue weighted by atomic mass is 9.74. The van der Waals surface area contributed by atoms with Crippen molar-refractivity contribution in [1.82, 2.24) is 10.6 Å². The number of amides is 1. The Bertz CT molecular complexity index is 771. The van der Waals surface area contributed by atoms with Crippen LogP contribution >= 0.6 is 11.8 Å². The fraction of sp³-hybridized carbons (Fsp3) is 0.926. The highest BCUT2D eigenvalue weighted by atomic mass is 32.2.